The van der Waals surface area contributed by atoms with Gasteiger partial charge in [0.1, 0.15) is 36.3 Å². The Kier molecular flexibility index (Phi) is 29.7. The molecule has 0 aromatic heterocycles. The number of unbranched alkanes of at least 4 members (excludes halogenated alkanes) is 1. The summed E-state index contributed by atoms with van der Waals surface area (Å²) >= 11 is 0. The van der Waals surface area contributed by atoms with Crippen LogP contribution in [-0.2, 0) is 56.7 Å². The average molecular weight is 1480 g/mol. The van der Waals surface area contributed by atoms with Gasteiger partial charge in [0.2, 0.25) is 23.6 Å². The lowest BCUT2D eigenvalue weighted by atomic mass is 9.47. The summed E-state index contributed by atoms with van der Waals surface area (Å²) in [7, 11) is 1.63. The molecule has 0 heterocycles. The van der Waals surface area contributed by atoms with E-state index >= 15 is 0 Å². The van der Waals surface area contributed by atoms with Crippen LogP contribution in [0.25, 0.3) is 0 Å². The number of amides is 5. The number of carbonyl (C=O) groups excluding carboxylic acids is 6. The van der Waals surface area contributed by atoms with Gasteiger partial charge >= 0.3 is 12.2 Å². The number of allylic oxidation sites excluding steroid dienone is 1. The molecule has 3 saturated carbocycles. The van der Waals surface area contributed by atoms with E-state index in [1.54, 1.807) is 31.4 Å². The molecule has 10 atom stereocenters. The van der Waals surface area contributed by atoms with Crippen LogP contribution in [0.5, 0.6) is 11.5 Å². The molecule has 6 N–H and O–H groups in total. The standard InChI is InChI=1S/C87H111N7O14/c1-60(2)19-18-20-61(3)74-42-43-75-73-41-32-67-58-72(46-48-85(67,4)76(73)47-49-86(74,75)5)107-83(99)89-52-54-105-56-55-104-53-51-88-79(95)44-45-80(96)92-78(57-62-21-10-7-11-22-62)82(98)93-77(81(97)91-68-33-28-63(29-34-68)59-106-84(100)108-71-39-35-69(36-40-71)94(101)102)27-16-17-50-90-87(64-23-12-8-13-24-64,65-25-14-9-15-26-65)66-30-37-70(103-6)38-31-66/h7-15,21-26,28-40,60-61,72-78,90H,16-20,27,41-59H2,1-6H3,(H,88,95)(H,89,99)(H,91,97)(H,92,96)(H,93,98)/t61-,72+,73+,74-,75?,76?,77+,78+,85+,86-/m1/s1. The highest BCUT2D eigenvalue weighted by Gasteiger charge is 2.59. The summed E-state index contributed by atoms with van der Waals surface area (Å²) in [6.45, 7) is 14.2. The Labute approximate surface area is 636 Å². The lowest BCUT2D eigenvalue weighted by Crippen LogP contribution is -2.53. The fourth-order valence-corrected chi connectivity index (χ4v) is 17.5. The van der Waals surface area contributed by atoms with Gasteiger partial charge in [-0.05, 0) is 181 Å². The molecule has 10 rings (SSSR count). The van der Waals surface area contributed by atoms with E-state index in [0.29, 0.717) is 54.3 Å². The molecule has 2 unspecified atom stereocenters. The van der Waals surface area contributed by atoms with E-state index in [1.807, 2.05) is 91.0 Å². The molecule has 21 nitrogen and oxygen atoms in total. The van der Waals surface area contributed by atoms with Gasteiger partial charge in [0.25, 0.3) is 5.69 Å². The lowest BCUT2D eigenvalue weighted by molar-refractivity contribution is -0.384. The van der Waals surface area contributed by atoms with Crippen LogP contribution in [0.3, 0.4) is 0 Å². The van der Waals surface area contributed by atoms with E-state index < -0.39 is 52.5 Å². The molecule has 4 aliphatic carbocycles. The fourth-order valence-electron chi connectivity index (χ4n) is 17.5. The third-order valence-electron chi connectivity index (χ3n) is 23.2. The van der Waals surface area contributed by atoms with E-state index in [9.17, 15) is 38.9 Å². The number of benzene rings is 6. The Balaban J connectivity index is 0.668. The molecule has 6 aromatic rings. The number of alkyl carbamates (subject to hydrolysis) is 1. The minimum absolute atomic E-state index is 0.0625. The largest absolute Gasteiger partial charge is 0.514 e. The number of hydrogen-bond acceptors (Lipinski definition) is 15. The van der Waals surface area contributed by atoms with Crippen LogP contribution in [0.15, 0.2) is 175 Å². The summed E-state index contributed by atoms with van der Waals surface area (Å²) in [6, 6.07) is 46.7. The summed E-state index contributed by atoms with van der Waals surface area (Å²) in [6.07, 6.45) is 15.3. The van der Waals surface area contributed by atoms with Crippen LogP contribution in [0.4, 0.5) is 21.0 Å². The normalized spacial score (nSPS) is 20.9. The fraction of sp³-hybridized carbons (Fsp3) is 0.494. The highest BCUT2D eigenvalue weighted by Crippen LogP contribution is 2.67. The number of methoxy groups -OCH3 is 1. The molecule has 0 saturated heterocycles. The molecule has 578 valence electrons. The van der Waals surface area contributed by atoms with Crippen molar-refractivity contribution in [2.45, 2.75) is 174 Å². The second kappa shape index (κ2) is 39.6. The van der Waals surface area contributed by atoms with Crippen LogP contribution in [0, 0.1) is 56.5 Å². The zero-order chi connectivity index (χ0) is 76.5. The summed E-state index contributed by atoms with van der Waals surface area (Å²) in [5, 5.41) is 29.4. The Morgan fingerprint density at radius 1 is 0.602 bits per heavy atom. The topological polar surface area (TPSA) is 273 Å². The maximum Gasteiger partial charge on any atom is 0.514 e. The van der Waals surface area contributed by atoms with Crippen molar-refractivity contribution in [3.05, 3.63) is 213 Å². The maximum absolute atomic E-state index is 14.7. The molecule has 108 heavy (non-hydrogen) atoms. The number of nitrogens with zero attached hydrogens (tertiary/aromatic N) is 1. The molecule has 3 fully saturated rings. The molecule has 6 aromatic carbocycles. The second-order valence-corrected chi connectivity index (χ2v) is 30.6. The van der Waals surface area contributed by atoms with Gasteiger partial charge < -0.3 is 55.0 Å². The number of nitro benzene ring substituents is 1. The van der Waals surface area contributed by atoms with Gasteiger partial charge in [-0.2, -0.15) is 0 Å². The molecule has 0 radical (unpaired) electrons. The molecular formula is C87H111N7O14. The molecule has 0 spiro atoms. The number of nitro groups is 1. The van der Waals surface area contributed by atoms with Crippen LogP contribution in [0.1, 0.15) is 165 Å². The third-order valence-corrected chi connectivity index (χ3v) is 23.2. The molecule has 0 aliphatic heterocycles. The number of nitrogens with one attached hydrogen (secondary N) is 6. The van der Waals surface area contributed by atoms with Crippen molar-refractivity contribution in [2.75, 3.05) is 58.5 Å². The second-order valence-electron chi connectivity index (χ2n) is 30.6. The first-order chi connectivity index (χ1) is 52.2. The highest BCUT2D eigenvalue weighted by molar-refractivity contribution is 5.98. The van der Waals surface area contributed by atoms with E-state index in [2.05, 4.69) is 96.9 Å². The molecule has 21 heteroatoms. The smallest absolute Gasteiger partial charge is 0.497 e. The number of non-ortho nitro benzene ring substituents is 1. The van der Waals surface area contributed by atoms with Crippen molar-refractivity contribution in [3.63, 3.8) is 0 Å². The van der Waals surface area contributed by atoms with Crippen molar-refractivity contribution in [1.82, 2.24) is 26.6 Å². The Bertz CT molecular complexity index is 3880. The zero-order valence-corrected chi connectivity index (χ0v) is 63.7. The summed E-state index contributed by atoms with van der Waals surface area (Å²) in [4.78, 5) is 92.0. The Hall–Kier alpha value is -9.44. The van der Waals surface area contributed by atoms with E-state index in [0.717, 1.165) is 77.5 Å². The Morgan fingerprint density at radius 3 is 1.90 bits per heavy atom. The van der Waals surface area contributed by atoms with Gasteiger partial charge in [-0.1, -0.05) is 181 Å². The van der Waals surface area contributed by atoms with E-state index in [-0.39, 0.29) is 94.1 Å². The number of anilines is 1. The first-order valence-corrected chi connectivity index (χ1v) is 38.9. The number of fused-ring (bicyclic) bond motifs is 5. The van der Waals surface area contributed by atoms with Crippen molar-refractivity contribution >= 4 is 47.3 Å². The summed E-state index contributed by atoms with van der Waals surface area (Å²) in [5.74, 6) is 3.41. The number of rotatable bonds is 39. The maximum atomic E-state index is 14.7. The van der Waals surface area contributed by atoms with Crippen LogP contribution < -0.4 is 41.4 Å². The summed E-state index contributed by atoms with van der Waals surface area (Å²) in [5.41, 5.74) is 5.88. The van der Waals surface area contributed by atoms with Crippen molar-refractivity contribution in [3.8, 4) is 11.5 Å². The first-order valence-electron chi connectivity index (χ1n) is 38.9. The predicted molar refractivity (Wildman–Crippen MR) is 416 cm³/mol. The van der Waals surface area contributed by atoms with Crippen molar-refractivity contribution in [2.24, 2.45) is 46.3 Å². The quantitative estimate of drug-likeness (QED) is 0.00398. The summed E-state index contributed by atoms with van der Waals surface area (Å²) < 4.78 is 33.4. The predicted octanol–water partition coefficient (Wildman–Crippen LogP) is 15.3. The Morgan fingerprint density at radius 2 is 1.24 bits per heavy atom. The minimum Gasteiger partial charge on any atom is -0.497 e. The van der Waals surface area contributed by atoms with E-state index in [4.69, 9.17) is 28.4 Å². The molecular weight excluding hydrogens is 1370 g/mol. The first kappa shape index (κ1) is 81.1. The van der Waals surface area contributed by atoms with Crippen molar-refractivity contribution < 1.29 is 62.1 Å². The van der Waals surface area contributed by atoms with Crippen molar-refractivity contribution in [1.29, 1.82) is 0 Å². The SMILES string of the molecule is COc1ccc(C(NCCCC[C@H](NC(=O)[C@H](Cc2ccccc2)NC(=O)CCC(=O)NCCOCCOCCNC(=O)O[C@H]2CC[C@@]3(C)C(=CC[C@@H]4C3CC[C@@]3(C)C4CC[C@@H]3[C@H](C)CCCC(C)C)C2)C(=O)Nc2ccc(COC(=O)Oc3ccc([N+](=O)[O-])cc3)cc2)(c2ccccc2)c2ccccc2)cc1. The average Bonchev–Trinajstić information content (AvgIpc) is 1.42. The minimum atomic E-state index is -1.14. The van der Waals surface area contributed by atoms with Crippen LogP contribution in [-0.4, -0.2) is 112 Å². The van der Waals surface area contributed by atoms with Gasteiger partial charge in [0.15, 0.2) is 0 Å². The third kappa shape index (κ3) is 21.9. The number of carbonyl (C=O) groups is 6. The number of hydrogen-bond donors (Lipinski definition) is 6. The highest BCUT2D eigenvalue weighted by atomic mass is 16.7. The monoisotopic (exact) mass is 1480 g/mol. The molecule has 4 aliphatic rings. The molecule has 5 amide bonds. The van der Waals surface area contributed by atoms with Gasteiger partial charge in [0.05, 0.1) is 44.0 Å². The van der Waals surface area contributed by atoms with Gasteiger partial charge in [0, 0.05) is 56.6 Å². The van der Waals surface area contributed by atoms with Gasteiger partial charge in [-0.15, -0.1) is 0 Å². The van der Waals surface area contributed by atoms with Crippen LogP contribution in [0.2, 0.25) is 0 Å². The molecule has 0 bridgehead atoms. The van der Waals surface area contributed by atoms with Crippen LogP contribution >= 0.6 is 0 Å². The van der Waals surface area contributed by atoms with Gasteiger partial charge in [-0.3, -0.25) is 34.6 Å². The zero-order valence-electron chi connectivity index (χ0n) is 63.7. The van der Waals surface area contributed by atoms with E-state index in [1.165, 1.54) is 74.8 Å². The van der Waals surface area contributed by atoms with Gasteiger partial charge in [-0.25, -0.2) is 9.59 Å². The lowest BCUT2D eigenvalue weighted by Gasteiger charge is -2.58. The number of ether oxygens (including phenoxy) is 6.